The highest BCUT2D eigenvalue weighted by Crippen LogP contribution is 2.45. The van der Waals surface area contributed by atoms with Gasteiger partial charge in [0.1, 0.15) is 0 Å². The van der Waals surface area contributed by atoms with Gasteiger partial charge in [-0.3, -0.25) is 0 Å². The molecule has 1 saturated carbocycles. The molecule has 1 N–H and O–H groups in total. The lowest BCUT2D eigenvalue weighted by Gasteiger charge is -2.53. The third kappa shape index (κ3) is 2.71. The minimum Gasteiger partial charge on any atom is -0.382 e. The highest BCUT2D eigenvalue weighted by molar-refractivity contribution is 5.04. The summed E-state index contributed by atoms with van der Waals surface area (Å²) in [5.41, 5.74) is 0.309. The predicted octanol–water partition coefficient (Wildman–Crippen LogP) is 1.82. The van der Waals surface area contributed by atoms with E-state index in [1.165, 1.54) is 6.42 Å². The number of methoxy groups -OCH3 is 1. The molecular weight excluding hydrogens is 190 g/mol. The summed E-state index contributed by atoms with van der Waals surface area (Å²) in [6, 6.07) is 0.625. The van der Waals surface area contributed by atoms with Gasteiger partial charge in [-0.1, -0.05) is 20.8 Å². The van der Waals surface area contributed by atoms with Gasteiger partial charge in [-0.15, -0.1) is 0 Å². The maximum absolute atomic E-state index is 5.84. The summed E-state index contributed by atoms with van der Waals surface area (Å²) in [5, 5.41) is 3.53. The molecule has 1 fully saturated rings. The first-order valence-electron chi connectivity index (χ1n) is 6.03. The van der Waals surface area contributed by atoms with Crippen molar-refractivity contribution in [1.82, 2.24) is 5.32 Å². The van der Waals surface area contributed by atoms with Gasteiger partial charge in [-0.25, -0.2) is 0 Å². The van der Waals surface area contributed by atoms with E-state index >= 15 is 0 Å². The fourth-order valence-corrected chi connectivity index (χ4v) is 2.39. The molecule has 0 radical (unpaired) electrons. The number of nitrogens with one attached hydrogen (secondary N) is 1. The van der Waals surface area contributed by atoms with Gasteiger partial charge in [-0.05, 0) is 19.4 Å². The van der Waals surface area contributed by atoms with Gasteiger partial charge in [0.15, 0.2) is 0 Å². The number of ether oxygens (including phenoxy) is 2. The van der Waals surface area contributed by atoms with Crippen LogP contribution in [0.2, 0.25) is 0 Å². The second-order valence-corrected chi connectivity index (χ2v) is 4.56. The molecule has 3 unspecified atom stereocenters. The highest BCUT2D eigenvalue weighted by atomic mass is 16.5. The molecule has 90 valence electrons. The number of hydrogen-bond donors (Lipinski definition) is 1. The van der Waals surface area contributed by atoms with Gasteiger partial charge in [0.05, 0.1) is 19.3 Å². The molecule has 1 aliphatic rings. The molecule has 0 aromatic heterocycles. The van der Waals surface area contributed by atoms with Crippen molar-refractivity contribution >= 4 is 0 Å². The molecule has 1 aliphatic carbocycles. The summed E-state index contributed by atoms with van der Waals surface area (Å²) in [6.07, 6.45) is 2.71. The van der Waals surface area contributed by atoms with Gasteiger partial charge in [0.25, 0.3) is 0 Å². The van der Waals surface area contributed by atoms with Crippen LogP contribution in [0.1, 0.15) is 33.6 Å². The van der Waals surface area contributed by atoms with Crippen molar-refractivity contribution in [2.24, 2.45) is 5.41 Å². The van der Waals surface area contributed by atoms with E-state index in [-0.39, 0.29) is 0 Å². The van der Waals surface area contributed by atoms with Crippen molar-refractivity contribution in [1.29, 1.82) is 0 Å². The number of rotatable bonds is 7. The van der Waals surface area contributed by atoms with Gasteiger partial charge in [0, 0.05) is 18.6 Å². The number of hydrogen-bond acceptors (Lipinski definition) is 3. The standard InChI is InChI=1S/C12H25NO2/c1-5-12(3)10(13-6-2)9-11(12)15-8-7-14-4/h10-11,13H,5-9H2,1-4H3. The van der Waals surface area contributed by atoms with Gasteiger partial charge in [-0.2, -0.15) is 0 Å². The molecule has 0 spiro atoms. The summed E-state index contributed by atoms with van der Waals surface area (Å²) in [5.74, 6) is 0. The van der Waals surface area contributed by atoms with Gasteiger partial charge < -0.3 is 14.8 Å². The molecule has 0 aliphatic heterocycles. The average molecular weight is 215 g/mol. The normalized spacial score (nSPS) is 35.2. The van der Waals surface area contributed by atoms with Crippen molar-refractivity contribution in [2.75, 3.05) is 26.9 Å². The van der Waals surface area contributed by atoms with Crippen molar-refractivity contribution < 1.29 is 9.47 Å². The molecule has 3 nitrogen and oxygen atoms in total. The molecule has 0 bridgehead atoms. The zero-order chi connectivity index (χ0) is 11.3. The fourth-order valence-electron chi connectivity index (χ4n) is 2.39. The minimum atomic E-state index is 0.309. The van der Waals surface area contributed by atoms with Crippen LogP contribution >= 0.6 is 0 Å². The maximum Gasteiger partial charge on any atom is 0.0704 e. The van der Waals surface area contributed by atoms with E-state index in [9.17, 15) is 0 Å². The summed E-state index contributed by atoms with van der Waals surface area (Å²) in [4.78, 5) is 0. The Bertz CT molecular complexity index is 184. The molecule has 3 heteroatoms. The third-order valence-corrected chi connectivity index (χ3v) is 3.80. The van der Waals surface area contributed by atoms with Crippen LogP contribution < -0.4 is 5.32 Å². The second-order valence-electron chi connectivity index (χ2n) is 4.56. The van der Waals surface area contributed by atoms with Gasteiger partial charge in [0.2, 0.25) is 0 Å². The van der Waals surface area contributed by atoms with Crippen LogP contribution in [0.5, 0.6) is 0 Å². The van der Waals surface area contributed by atoms with Crippen LogP contribution in [0.4, 0.5) is 0 Å². The Morgan fingerprint density at radius 1 is 1.33 bits per heavy atom. The Balaban J connectivity index is 2.35. The molecule has 0 heterocycles. The Morgan fingerprint density at radius 2 is 2.07 bits per heavy atom. The Labute approximate surface area is 93.5 Å². The maximum atomic E-state index is 5.84. The molecule has 15 heavy (non-hydrogen) atoms. The SMILES string of the molecule is CCNC1CC(OCCOC)C1(C)CC. The van der Waals surface area contributed by atoms with Crippen LogP contribution in [0.15, 0.2) is 0 Å². The lowest BCUT2D eigenvalue weighted by molar-refractivity contribution is -0.135. The van der Waals surface area contributed by atoms with E-state index in [0.29, 0.717) is 24.2 Å². The molecule has 1 rings (SSSR count). The average Bonchev–Trinajstić information content (AvgIpc) is 2.26. The first kappa shape index (κ1) is 12.9. The molecule has 0 amide bonds. The largest absolute Gasteiger partial charge is 0.382 e. The smallest absolute Gasteiger partial charge is 0.0704 e. The van der Waals surface area contributed by atoms with E-state index < -0.39 is 0 Å². The summed E-state index contributed by atoms with van der Waals surface area (Å²) in [6.45, 7) is 9.19. The van der Waals surface area contributed by atoms with Crippen LogP contribution in [0.3, 0.4) is 0 Å². The first-order valence-corrected chi connectivity index (χ1v) is 6.03. The third-order valence-electron chi connectivity index (χ3n) is 3.80. The van der Waals surface area contributed by atoms with E-state index in [4.69, 9.17) is 9.47 Å². The fraction of sp³-hybridized carbons (Fsp3) is 1.00. The van der Waals surface area contributed by atoms with Crippen LogP contribution in [-0.2, 0) is 9.47 Å². The zero-order valence-corrected chi connectivity index (χ0v) is 10.5. The topological polar surface area (TPSA) is 30.5 Å². The lowest BCUT2D eigenvalue weighted by Crippen LogP contribution is -2.62. The van der Waals surface area contributed by atoms with Crippen LogP contribution in [0, 0.1) is 5.41 Å². The molecular formula is C12H25NO2. The quantitative estimate of drug-likeness (QED) is 0.657. The van der Waals surface area contributed by atoms with Crippen LogP contribution in [-0.4, -0.2) is 39.0 Å². The van der Waals surface area contributed by atoms with E-state index in [1.54, 1.807) is 7.11 Å². The van der Waals surface area contributed by atoms with Crippen molar-refractivity contribution in [3.63, 3.8) is 0 Å². The Kier molecular flexibility index (Phi) is 5.03. The van der Waals surface area contributed by atoms with E-state index in [2.05, 4.69) is 26.1 Å². The predicted molar refractivity (Wildman–Crippen MR) is 62.1 cm³/mol. The zero-order valence-electron chi connectivity index (χ0n) is 10.5. The minimum absolute atomic E-state index is 0.309. The summed E-state index contributed by atoms with van der Waals surface area (Å²) >= 11 is 0. The monoisotopic (exact) mass is 215 g/mol. The van der Waals surface area contributed by atoms with Crippen molar-refractivity contribution in [2.45, 2.75) is 45.8 Å². The molecule has 3 atom stereocenters. The van der Waals surface area contributed by atoms with Gasteiger partial charge >= 0.3 is 0 Å². The van der Waals surface area contributed by atoms with E-state index in [0.717, 1.165) is 19.6 Å². The second kappa shape index (κ2) is 5.83. The summed E-state index contributed by atoms with van der Waals surface area (Å²) < 4.78 is 10.8. The highest BCUT2D eigenvalue weighted by Gasteiger charge is 2.50. The lowest BCUT2D eigenvalue weighted by atomic mass is 9.61. The molecule has 0 aromatic rings. The van der Waals surface area contributed by atoms with Crippen molar-refractivity contribution in [3.05, 3.63) is 0 Å². The molecule has 0 aromatic carbocycles. The van der Waals surface area contributed by atoms with E-state index in [1.807, 2.05) is 0 Å². The molecule has 0 saturated heterocycles. The Hall–Kier alpha value is -0.120. The van der Waals surface area contributed by atoms with Crippen molar-refractivity contribution in [3.8, 4) is 0 Å². The summed E-state index contributed by atoms with van der Waals surface area (Å²) in [7, 11) is 1.71. The van der Waals surface area contributed by atoms with Crippen LogP contribution in [0.25, 0.3) is 0 Å². The first-order chi connectivity index (χ1) is 7.19. The Morgan fingerprint density at radius 3 is 2.60 bits per heavy atom.